The van der Waals surface area contributed by atoms with Gasteiger partial charge in [0, 0.05) is 35.8 Å². The molecule has 0 fully saturated rings. The minimum atomic E-state index is -0.393. The Bertz CT molecular complexity index is 860. The number of halogens is 1. The van der Waals surface area contributed by atoms with Crippen LogP contribution in [0.25, 0.3) is 10.9 Å². The first-order valence-corrected chi connectivity index (χ1v) is 6.89. The van der Waals surface area contributed by atoms with Crippen LogP contribution < -0.4 is 5.46 Å². The highest BCUT2D eigenvalue weighted by molar-refractivity contribution is 6.55. The minimum Gasteiger partial charge on any atom is -0.343 e. The first-order valence-electron chi connectivity index (χ1n) is 6.89. The summed E-state index contributed by atoms with van der Waals surface area (Å²) in [6, 6.07) is 11.4. The third kappa shape index (κ3) is 2.59. The highest BCUT2D eigenvalue weighted by Crippen LogP contribution is 2.21. The van der Waals surface area contributed by atoms with E-state index < -0.39 is 4.92 Å². The number of hydrogen-bond donors (Lipinski definition) is 0. The number of benzene rings is 2. The zero-order chi connectivity index (χ0) is 15.7. The van der Waals surface area contributed by atoms with Crippen molar-refractivity contribution in [2.24, 2.45) is 0 Å². The van der Waals surface area contributed by atoms with Crippen molar-refractivity contribution in [1.82, 2.24) is 4.57 Å². The summed E-state index contributed by atoms with van der Waals surface area (Å²) in [5.41, 5.74) is 2.63. The minimum absolute atomic E-state index is 0.0732. The fraction of sp³-hybridized carbons (Fsp3) is 0.125. The fourth-order valence-electron chi connectivity index (χ4n) is 2.66. The standard InChI is InChI=1S/C16H13BFN2O2/c1-17-15-9-14(20(21)22)8-12-5-6-19(16(12)15)10-11-3-2-4-13(18)7-11/h2-9H,10H2,1H3. The topological polar surface area (TPSA) is 48.1 Å². The summed E-state index contributed by atoms with van der Waals surface area (Å²) in [6.45, 7) is 2.36. The van der Waals surface area contributed by atoms with Crippen LogP contribution in [0.2, 0.25) is 6.82 Å². The molecular formula is C16H13BFN2O2. The number of nitro benzene ring substituents is 1. The lowest BCUT2D eigenvalue weighted by Gasteiger charge is -2.09. The van der Waals surface area contributed by atoms with E-state index in [1.165, 1.54) is 12.1 Å². The lowest BCUT2D eigenvalue weighted by Crippen LogP contribution is -2.16. The molecule has 2 aromatic carbocycles. The molecule has 4 nitrogen and oxygen atoms in total. The summed E-state index contributed by atoms with van der Waals surface area (Å²) in [5, 5.41) is 11.8. The van der Waals surface area contributed by atoms with E-state index in [9.17, 15) is 14.5 Å². The Kier molecular flexibility index (Phi) is 3.67. The third-order valence-electron chi connectivity index (χ3n) is 3.64. The molecule has 3 aromatic rings. The molecule has 0 saturated carbocycles. The van der Waals surface area contributed by atoms with Crippen LogP contribution in [0.1, 0.15) is 5.56 Å². The molecule has 0 saturated heterocycles. The van der Waals surface area contributed by atoms with Gasteiger partial charge in [-0.2, -0.15) is 0 Å². The van der Waals surface area contributed by atoms with E-state index in [-0.39, 0.29) is 11.5 Å². The molecule has 1 heterocycles. The van der Waals surface area contributed by atoms with Gasteiger partial charge in [-0.25, -0.2) is 4.39 Å². The summed E-state index contributed by atoms with van der Waals surface area (Å²) >= 11 is 0. The SMILES string of the molecule is C[B]c1cc([N+](=O)[O-])cc2ccn(Cc3cccc(F)c3)c12. The van der Waals surface area contributed by atoms with Gasteiger partial charge < -0.3 is 4.57 Å². The number of aromatic nitrogens is 1. The quantitative estimate of drug-likeness (QED) is 0.422. The lowest BCUT2D eigenvalue weighted by molar-refractivity contribution is -0.384. The van der Waals surface area contributed by atoms with Crippen LogP contribution in [-0.2, 0) is 6.54 Å². The van der Waals surface area contributed by atoms with Gasteiger partial charge in [0.2, 0.25) is 0 Å². The van der Waals surface area contributed by atoms with Crippen LogP contribution >= 0.6 is 0 Å². The van der Waals surface area contributed by atoms with Crippen LogP contribution in [0.15, 0.2) is 48.7 Å². The van der Waals surface area contributed by atoms with Gasteiger partial charge >= 0.3 is 0 Å². The molecule has 22 heavy (non-hydrogen) atoms. The monoisotopic (exact) mass is 295 g/mol. The molecule has 0 N–H and O–H groups in total. The van der Waals surface area contributed by atoms with Gasteiger partial charge in [0.05, 0.1) is 4.92 Å². The van der Waals surface area contributed by atoms with Crippen molar-refractivity contribution in [2.75, 3.05) is 0 Å². The number of fused-ring (bicyclic) bond motifs is 1. The van der Waals surface area contributed by atoms with Crippen LogP contribution in [0.4, 0.5) is 10.1 Å². The molecule has 109 valence electrons. The molecule has 0 atom stereocenters. The van der Waals surface area contributed by atoms with Crippen molar-refractivity contribution < 1.29 is 9.31 Å². The molecule has 6 heteroatoms. The zero-order valence-electron chi connectivity index (χ0n) is 12.0. The Balaban J connectivity index is 2.09. The maximum atomic E-state index is 13.3. The van der Waals surface area contributed by atoms with E-state index in [0.717, 1.165) is 21.9 Å². The smallest absolute Gasteiger partial charge is 0.269 e. The van der Waals surface area contributed by atoms with Crippen molar-refractivity contribution in [1.29, 1.82) is 0 Å². The molecule has 0 aliphatic carbocycles. The number of hydrogen-bond acceptors (Lipinski definition) is 2. The highest BCUT2D eigenvalue weighted by atomic mass is 19.1. The summed E-state index contributed by atoms with van der Waals surface area (Å²) in [7, 11) is 1.84. The van der Waals surface area contributed by atoms with Gasteiger partial charge in [0.1, 0.15) is 5.82 Å². The summed E-state index contributed by atoms with van der Waals surface area (Å²) in [5.74, 6) is -0.271. The number of nitrogens with zero attached hydrogens (tertiary/aromatic N) is 2. The van der Waals surface area contributed by atoms with Crippen molar-refractivity contribution in [2.45, 2.75) is 13.4 Å². The van der Waals surface area contributed by atoms with Crippen molar-refractivity contribution in [3.63, 3.8) is 0 Å². The Morgan fingerprint density at radius 3 is 2.77 bits per heavy atom. The van der Waals surface area contributed by atoms with E-state index >= 15 is 0 Å². The average Bonchev–Trinajstić information content (AvgIpc) is 2.89. The van der Waals surface area contributed by atoms with Crippen molar-refractivity contribution in [3.8, 4) is 0 Å². The van der Waals surface area contributed by atoms with Crippen molar-refractivity contribution >= 4 is 29.3 Å². The molecule has 1 aromatic heterocycles. The Labute approximate surface area is 127 Å². The normalized spacial score (nSPS) is 10.8. The van der Waals surface area contributed by atoms with E-state index in [2.05, 4.69) is 0 Å². The van der Waals surface area contributed by atoms with Crippen LogP contribution in [0, 0.1) is 15.9 Å². The first-order chi connectivity index (χ1) is 10.6. The van der Waals surface area contributed by atoms with Crippen LogP contribution in [0.5, 0.6) is 0 Å². The molecule has 0 aliphatic rings. The predicted octanol–water partition coefficient (Wildman–Crippen LogP) is 3.11. The van der Waals surface area contributed by atoms with Gasteiger partial charge in [-0.3, -0.25) is 10.1 Å². The van der Waals surface area contributed by atoms with Crippen molar-refractivity contribution in [3.05, 3.63) is 70.2 Å². The molecule has 1 radical (unpaired) electrons. The summed E-state index contributed by atoms with van der Waals surface area (Å²) < 4.78 is 15.3. The molecule has 3 rings (SSSR count). The molecule has 0 aliphatic heterocycles. The summed E-state index contributed by atoms with van der Waals surface area (Å²) in [6.07, 6.45) is 1.87. The van der Waals surface area contributed by atoms with Gasteiger partial charge in [-0.15, -0.1) is 0 Å². The molecule has 0 amide bonds. The Morgan fingerprint density at radius 2 is 2.09 bits per heavy atom. The molecule has 0 bridgehead atoms. The van der Waals surface area contributed by atoms with Crippen LogP contribution in [-0.4, -0.2) is 16.8 Å². The van der Waals surface area contributed by atoms with Gasteiger partial charge in [0.25, 0.3) is 5.69 Å². The Morgan fingerprint density at radius 1 is 1.27 bits per heavy atom. The second-order valence-corrected chi connectivity index (χ2v) is 5.09. The van der Waals surface area contributed by atoms with E-state index in [1.807, 2.05) is 37.0 Å². The molecular weight excluding hydrogens is 282 g/mol. The first kappa shape index (κ1) is 14.3. The number of nitro groups is 1. The lowest BCUT2D eigenvalue weighted by atomic mass is 9.72. The van der Waals surface area contributed by atoms with E-state index in [4.69, 9.17) is 0 Å². The third-order valence-corrected chi connectivity index (χ3v) is 3.64. The van der Waals surface area contributed by atoms with Gasteiger partial charge in [-0.05, 0) is 23.8 Å². The molecule has 0 spiro atoms. The number of rotatable bonds is 4. The van der Waals surface area contributed by atoms with E-state index in [1.54, 1.807) is 18.2 Å². The average molecular weight is 295 g/mol. The zero-order valence-corrected chi connectivity index (χ0v) is 12.0. The maximum Gasteiger partial charge on any atom is 0.269 e. The second-order valence-electron chi connectivity index (χ2n) is 5.09. The summed E-state index contributed by atoms with van der Waals surface area (Å²) in [4.78, 5) is 10.6. The highest BCUT2D eigenvalue weighted by Gasteiger charge is 2.14. The Hall–Kier alpha value is -2.63. The van der Waals surface area contributed by atoms with Crippen LogP contribution in [0.3, 0.4) is 0 Å². The second kappa shape index (κ2) is 5.64. The fourth-order valence-corrected chi connectivity index (χ4v) is 2.66. The van der Waals surface area contributed by atoms with Gasteiger partial charge in [-0.1, -0.05) is 24.4 Å². The predicted molar refractivity (Wildman–Crippen MR) is 85.3 cm³/mol. The number of non-ortho nitro benzene ring substituents is 1. The largest absolute Gasteiger partial charge is 0.343 e. The maximum absolute atomic E-state index is 13.3. The van der Waals surface area contributed by atoms with Gasteiger partial charge in [0.15, 0.2) is 7.28 Å². The van der Waals surface area contributed by atoms with E-state index in [0.29, 0.717) is 6.54 Å². The molecule has 0 unspecified atom stereocenters.